The van der Waals surface area contributed by atoms with E-state index >= 15 is 0 Å². The van der Waals surface area contributed by atoms with Crippen molar-refractivity contribution in [2.24, 2.45) is 0 Å². The van der Waals surface area contributed by atoms with Gasteiger partial charge in [0.15, 0.2) is 0 Å². The van der Waals surface area contributed by atoms with E-state index < -0.39 is 5.60 Å². The van der Waals surface area contributed by atoms with Crippen LogP contribution in [-0.4, -0.2) is 18.2 Å². The summed E-state index contributed by atoms with van der Waals surface area (Å²) in [5.41, 5.74) is 0.256. The summed E-state index contributed by atoms with van der Waals surface area (Å²) in [5, 5.41) is 14.0. The second-order valence-electron chi connectivity index (χ2n) is 3.47. The fourth-order valence-corrected chi connectivity index (χ4v) is 1.81. The van der Waals surface area contributed by atoms with Crippen molar-refractivity contribution in [3.05, 3.63) is 34.9 Å². The first-order valence-electron chi connectivity index (χ1n) is 4.40. The minimum absolute atomic E-state index is 0.634. The summed E-state index contributed by atoms with van der Waals surface area (Å²) in [6, 6.07) is 7.39. The fraction of sp³-hybridized carbons (Fsp3) is 0.400. The lowest BCUT2D eigenvalue weighted by Crippen LogP contribution is -2.28. The molecule has 1 heterocycles. The molecule has 2 N–H and O–H groups in total. The maximum atomic E-state index is 10.1. The molecule has 0 spiro atoms. The molecule has 13 heavy (non-hydrogen) atoms. The standard InChI is InChI=1S/C10H12ClNO/c11-9-3-1-8(2-4-9)10(13)5-6-12-7-10/h1-4,12-13H,5-7H2/t10-/m1/s1. The molecule has 0 bridgehead atoms. The second kappa shape index (κ2) is 3.29. The van der Waals surface area contributed by atoms with Gasteiger partial charge >= 0.3 is 0 Å². The molecule has 1 aromatic carbocycles. The molecule has 0 radical (unpaired) electrons. The maximum Gasteiger partial charge on any atom is 0.103 e. The Kier molecular flexibility index (Phi) is 2.28. The number of rotatable bonds is 1. The van der Waals surface area contributed by atoms with Crippen LogP contribution < -0.4 is 5.32 Å². The summed E-state index contributed by atoms with van der Waals surface area (Å²) in [4.78, 5) is 0. The Bertz CT molecular complexity index is 290. The number of hydrogen-bond donors (Lipinski definition) is 2. The van der Waals surface area contributed by atoms with E-state index in [-0.39, 0.29) is 0 Å². The van der Waals surface area contributed by atoms with Gasteiger partial charge in [-0.15, -0.1) is 0 Å². The van der Waals surface area contributed by atoms with Gasteiger partial charge in [0.25, 0.3) is 0 Å². The average Bonchev–Trinajstić information content (AvgIpc) is 2.54. The van der Waals surface area contributed by atoms with Crippen molar-refractivity contribution in [3.8, 4) is 0 Å². The largest absolute Gasteiger partial charge is 0.384 e. The number of hydrogen-bond acceptors (Lipinski definition) is 2. The summed E-state index contributed by atoms with van der Waals surface area (Å²) in [6.45, 7) is 1.51. The highest BCUT2D eigenvalue weighted by atomic mass is 35.5. The van der Waals surface area contributed by atoms with Gasteiger partial charge in [-0.2, -0.15) is 0 Å². The number of β-amino-alcohol motifs (C(OH)–C–C–N with tert-alkyl or cyclic N) is 1. The molecule has 70 valence electrons. The Hall–Kier alpha value is -0.570. The Morgan fingerprint density at radius 1 is 1.31 bits per heavy atom. The normalized spacial score (nSPS) is 27.8. The van der Waals surface area contributed by atoms with E-state index in [1.807, 2.05) is 24.3 Å². The highest BCUT2D eigenvalue weighted by molar-refractivity contribution is 6.30. The molecule has 1 saturated heterocycles. The van der Waals surface area contributed by atoms with Crippen molar-refractivity contribution in [2.75, 3.05) is 13.1 Å². The highest BCUT2D eigenvalue weighted by Gasteiger charge is 2.32. The summed E-state index contributed by atoms with van der Waals surface area (Å²) in [6.07, 6.45) is 0.772. The molecule has 0 saturated carbocycles. The molecule has 0 aromatic heterocycles. The molecule has 3 heteroatoms. The van der Waals surface area contributed by atoms with Gasteiger partial charge in [-0.05, 0) is 30.7 Å². The molecular weight excluding hydrogens is 186 g/mol. The van der Waals surface area contributed by atoms with Crippen molar-refractivity contribution in [1.82, 2.24) is 5.32 Å². The van der Waals surface area contributed by atoms with Crippen LogP contribution in [0.3, 0.4) is 0 Å². The number of halogens is 1. The van der Waals surface area contributed by atoms with E-state index in [1.165, 1.54) is 0 Å². The molecule has 1 aromatic rings. The first-order chi connectivity index (χ1) is 6.21. The predicted molar refractivity (Wildman–Crippen MR) is 52.8 cm³/mol. The lowest BCUT2D eigenvalue weighted by molar-refractivity contribution is 0.0587. The van der Waals surface area contributed by atoms with Gasteiger partial charge in [0.1, 0.15) is 5.60 Å². The van der Waals surface area contributed by atoms with Crippen LogP contribution in [0.25, 0.3) is 0 Å². The monoisotopic (exact) mass is 197 g/mol. The lowest BCUT2D eigenvalue weighted by atomic mass is 9.93. The van der Waals surface area contributed by atoms with E-state index in [1.54, 1.807) is 0 Å². The van der Waals surface area contributed by atoms with Crippen LogP contribution in [0.4, 0.5) is 0 Å². The minimum Gasteiger partial charge on any atom is -0.384 e. The molecule has 2 rings (SSSR count). The topological polar surface area (TPSA) is 32.3 Å². The maximum absolute atomic E-state index is 10.1. The quantitative estimate of drug-likeness (QED) is 0.716. The predicted octanol–water partition coefficient (Wildman–Crippen LogP) is 1.52. The molecule has 1 fully saturated rings. The summed E-state index contributed by atoms with van der Waals surface area (Å²) in [5.74, 6) is 0. The smallest absolute Gasteiger partial charge is 0.103 e. The van der Waals surface area contributed by atoms with Crippen LogP contribution in [0.2, 0.25) is 5.02 Å². The van der Waals surface area contributed by atoms with E-state index in [0.717, 1.165) is 18.5 Å². The summed E-state index contributed by atoms with van der Waals surface area (Å²) >= 11 is 5.77. The highest BCUT2D eigenvalue weighted by Crippen LogP contribution is 2.28. The SMILES string of the molecule is O[C@]1(c2ccc(Cl)cc2)CCNC1. The van der Waals surface area contributed by atoms with Crippen molar-refractivity contribution >= 4 is 11.6 Å². The van der Waals surface area contributed by atoms with Crippen LogP contribution in [0.1, 0.15) is 12.0 Å². The van der Waals surface area contributed by atoms with Crippen LogP contribution in [0.5, 0.6) is 0 Å². The Balaban J connectivity index is 2.29. The first kappa shape index (κ1) is 9.00. The summed E-state index contributed by atoms with van der Waals surface area (Å²) < 4.78 is 0. The summed E-state index contributed by atoms with van der Waals surface area (Å²) in [7, 11) is 0. The molecule has 1 atom stereocenters. The van der Waals surface area contributed by atoms with Crippen molar-refractivity contribution in [3.63, 3.8) is 0 Å². The zero-order valence-electron chi connectivity index (χ0n) is 7.26. The van der Waals surface area contributed by atoms with Gasteiger partial charge in [-0.1, -0.05) is 23.7 Å². The van der Waals surface area contributed by atoms with Gasteiger partial charge in [0.05, 0.1) is 0 Å². The van der Waals surface area contributed by atoms with Gasteiger partial charge in [-0.3, -0.25) is 0 Å². The molecule has 1 aliphatic rings. The number of aliphatic hydroxyl groups is 1. The van der Waals surface area contributed by atoms with Crippen LogP contribution in [0, 0.1) is 0 Å². The molecular formula is C10H12ClNO. The third kappa shape index (κ3) is 1.70. The van der Waals surface area contributed by atoms with Crippen molar-refractivity contribution in [1.29, 1.82) is 0 Å². The molecule has 0 aliphatic carbocycles. The number of benzene rings is 1. The Labute approximate surface area is 82.5 Å². The van der Waals surface area contributed by atoms with E-state index in [4.69, 9.17) is 11.6 Å². The molecule has 0 amide bonds. The Morgan fingerprint density at radius 3 is 2.54 bits per heavy atom. The van der Waals surface area contributed by atoms with E-state index in [9.17, 15) is 5.11 Å². The number of nitrogens with one attached hydrogen (secondary N) is 1. The van der Waals surface area contributed by atoms with Gasteiger partial charge < -0.3 is 10.4 Å². The van der Waals surface area contributed by atoms with Gasteiger partial charge in [0.2, 0.25) is 0 Å². The third-order valence-corrected chi connectivity index (χ3v) is 2.77. The second-order valence-corrected chi connectivity index (χ2v) is 3.90. The zero-order chi connectivity index (χ0) is 9.31. The van der Waals surface area contributed by atoms with E-state index in [0.29, 0.717) is 11.6 Å². The van der Waals surface area contributed by atoms with Crippen molar-refractivity contribution < 1.29 is 5.11 Å². The van der Waals surface area contributed by atoms with Gasteiger partial charge in [-0.25, -0.2) is 0 Å². The molecule has 0 unspecified atom stereocenters. The van der Waals surface area contributed by atoms with Crippen LogP contribution in [-0.2, 0) is 5.60 Å². The van der Waals surface area contributed by atoms with Crippen LogP contribution >= 0.6 is 11.6 Å². The fourth-order valence-electron chi connectivity index (χ4n) is 1.69. The Morgan fingerprint density at radius 2 is 2.00 bits per heavy atom. The average molecular weight is 198 g/mol. The third-order valence-electron chi connectivity index (χ3n) is 2.51. The molecule has 2 nitrogen and oxygen atoms in total. The lowest BCUT2D eigenvalue weighted by Gasteiger charge is -2.21. The van der Waals surface area contributed by atoms with Gasteiger partial charge in [0, 0.05) is 11.6 Å². The zero-order valence-corrected chi connectivity index (χ0v) is 8.01. The molecule has 1 aliphatic heterocycles. The first-order valence-corrected chi connectivity index (χ1v) is 4.78. The van der Waals surface area contributed by atoms with E-state index in [2.05, 4.69) is 5.32 Å². The minimum atomic E-state index is -0.690. The van der Waals surface area contributed by atoms with Crippen LogP contribution in [0.15, 0.2) is 24.3 Å². The van der Waals surface area contributed by atoms with Crippen molar-refractivity contribution in [2.45, 2.75) is 12.0 Å².